The summed E-state index contributed by atoms with van der Waals surface area (Å²) in [5.41, 5.74) is 4.40. The predicted molar refractivity (Wildman–Crippen MR) is 157 cm³/mol. The van der Waals surface area contributed by atoms with Crippen LogP contribution in [0.15, 0.2) is 72.8 Å². The summed E-state index contributed by atoms with van der Waals surface area (Å²) in [5.74, 6) is 0.944. The minimum absolute atomic E-state index is 0. The first-order valence-corrected chi connectivity index (χ1v) is 14.0. The SMILES string of the molecule is Cc1ccc(Oc2c(Cl)cc3c(c2C2CC2)OCCC3C(=O)[O-])cc1.O=CNc1cccc(-c2ccc(Cl)cc2)n1.[Na+]. The Hall–Kier alpha value is -3.07. The van der Waals surface area contributed by atoms with Crippen molar-refractivity contribution < 1.29 is 53.7 Å². The van der Waals surface area contributed by atoms with E-state index in [-0.39, 0.29) is 29.6 Å². The number of nitrogens with zero attached hydrogens (tertiary/aromatic N) is 1. The van der Waals surface area contributed by atoms with Gasteiger partial charge in [-0.3, -0.25) is 4.79 Å². The molecule has 0 saturated heterocycles. The average molecular weight is 613 g/mol. The Morgan fingerprint density at radius 3 is 2.40 bits per heavy atom. The molecular formula is C32H27Cl2N2NaO5. The summed E-state index contributed by atoms with van der Waals surface area (Å²) in [5, 5.41) is 15.1. The number of amides is 1. The fourth-order valence-electron chi connectivity index (χ4n) is 4.68. The second-order valence-corrected chi connectivity index (χ2v) is 10.7. The van der Waals surface area contributed by atoms with E-state index in [9.17, 15) is 14.7 Å². The Kier molecular flexibility index (Phi) is 10.9. The fourth-order valence-corrected chi connectivity index (χ4v) is 5.07. The summed E-state index contributed by atoms with van der Waals surface area (Å²) in [6, 6.07) is 22.2. The molecule has 1 unspecified atom stereocenters. The van der Waals surface area contributed by atoms with Gasteiger partial charge in [0.1, 0.15) is 17.3 Å². The van der Waals surface area contributed by atoms with Crippen LogP contribution in [-0.4, -0.2) is 24.0 Å². The summed E-state index contributed by atoms with van der Waals surface area (Å²) in [6.07, 6.45) is 3.05. The third kappa shape index (κ3) is 7.65. The molecule has 0 radical (unpaired) electrons. The summed E-state index contributed by atoms with van der Waals surface area (Å²) in [4.78, 5) is 26.1. The van der Waals surface area contributed by atoms with Gasteiger partial charge >= 0.3 is 29.6 Å². The van der Waals surface area contributed by atoms with Gasteiger partial charge in [0.15, 0.2) is 5.75 Å². The number of carboxylic acid groups (broad SMARTS) is 1. The van der Waals surface area contributed by atoms with Crippen LogP contribution in [-0.2, 0) is 9.59 Å². The van der Waals surface area contributed by atoms with Crippen molar-refractivity contribution in [3.8, 4) is 28.5 Å². The number of aromatic nitrogens is 1. The Balaban J connectivity index is 0.000000207. The van der Waals surface area contributed by atoms with E-state index in [0.29, 0.717) is 64.0 Å². The van der Waals surface area contributed by atoms with Crippen molar-refractivity contribution in [1.29, 1.82) is 0 Å². The number of nitrogens with one attached hydrogen (secondary N) is 1. The zero-order valence-electron chi connectivity index (χ0n) is 23.2. The van der Waals surface area contributed by atoms with Crippen molar-refractivity contribution in [3.63, 3.8) is 0 Å². The zero-order chi connectivity index (χ0) is 28.9. The van der Waals surface area contributed by atoms with Gasteiger partial charge in [-0.1, -0.05) is 59.1 Å². The third-order valence-corrected chi connectivity index (χ3v) is 7.42. The molecule has 1 amide bonds. The van der Waals surface area contributed by atoms with Crippen molar-refractivity contribution in [2.45, 2.75) is 38.0 Å². The Labute approximate surface area is 276 Å². The van der Waals surface area contributed by atoms with Crippen molar-refractivity contribution in [1.82, 2.24) is 4.98 Å². The number of anilines is 1. The minimum Gasteiger partial charge on any atom is -0.549 e. The molecule has 1 aliphatic carbocycles. The molecule has 4 aromatic rings. The van der Waals surface area contributed by atoms with Crippen LogP contribution >= 0.6 is 23.2 Å². The number of carboxylic acids is 1. The molecule has 0 spiro atoms. The molecule has 7 nitrogen and oxygen atoms in total. The van der Waals surface area contributed by atoms with Crippen molar-refractivity contribution in [3.05, 3.63) is 99.5 Å². The van der Waals surface area contributed by atoms with Gasteiger partial charge in [-0.05, 0) is 74.6 Å². The second kappa shape index (κ2) is 14.4. The van der Waals surface area contributed by atoms with Crippen LogP contribution in [0.5, 0.6) is 17.2 Å². The maximum absolute atomic E-state index is 11.5. The van der Waals surface area contributed by atoms with E-state index in [1.807, 2.05) is 55.5 Å². The van der Waals surface area contributed by atoms with Gasteiger partial charge in [0.25, 0.3) is 0 Å². The normalized spacial score (nSPS) is 15.1. The van der Waals surface area contributed by atoms with Gasteiger partial charge in [0.05, 0.1) is 17.3 Å². The molecule has 1 aromatic heterocycles. The van der Waals surface area contributed by atoms with Crippen molar-refractivity contribution in [2.75, 3.05) is 11.9 Å². The molecular weight excluding hydrogens is 586 g/mol. The van der Waals surface area contributed by atoms with Gasteiger partial charge in [0.2, 0.25) is 6.41 Å². The topological polar surface area (TPSA) is 101 Å². The van der Waals surface area contributed by atoms with Gasteiger partial charge in [-0.25, -0.2) is 4.98 Å². The summed E-state index contributed by atoms with van der Waals surface area (Å²) in [6.45, 7) is 2.37. The largest absolute Gasteiger partial charge is 1.00 e. The minimum atomic E-state index is -1.09. The molecule has 210 valence electrons. The van der Waals surface area contributed by atoms with Gasteiger partial charge in [-0.15, -0.1) is 0 Å². The van der Waals surface area contributed by atoms with Gasteiger partial charge in [0, 0.05) is 33.6 Å². The number of carbonyl (C=O) groups is 2. The van der Waals surface area contributed by atoms with E-state index in [4.69, 9.17) is 32.7 Å². The maximum Gasteiger partial charge on any atom is 1.00 e. The fraction of sp³-hybridized carbons (Fsp3) is 0.219. The number of hydrogen-bond acceptors (Lipinski definition) is 6. The molecule has 1 fully saturated rings. The van der Waals surface area contributed by atoms with E-state index >= 15 is 0 Å². The van der Waals surface area contributed by atoms with Crippen LogP contribution in [0.4, 0.5) is 5.82 Å². The Bertz CT molecular complexity index is 1560. The predicted octanol–water partition coefficient (Wildman–Crippen LogP) is 3.91. The molecule has 2 heterocycles. The number of aryl methyl sites for hydroxylation is 1. The monoisotopic (exact) mass is 612 g/mol. The summed E-state index contributed by atoms with van der Waals surface area (Å²) < 4.78 is 11.9. The van der Waals surface area contributed by atoms with Crippen LogP contribution in [0.2, 0.25) is 10.0 Å². The summed E-state index contributed by atoms with van der Waals surface area (Å²) in [7, 11) is 0. The van der Waals surface area contributed by atoms with Crippen molar-refractivity contribution in [2.24, 2.45) is 0 Å². The third-order valence-electron chi connectivity index (χ3n) is 6.89. The number of halogens is 2. The number of aliphatic carboxylic acids is 1. The Morgan fingerprint density at radius 1 is 1.05 bits per heavy atom. The molecule has 2 aliphatic rings. The molecule has 1 atom stereocenters. The number of carbonyl (C=O) groups excluding carboxylic acids is 2. The van der Waals surface area contributed by atoms with Crippen LogP contribution < -0.4 is 49.5 Å². The van der Waals surface area contributed by atoms with E-state index in [2.05, 4.69) is 10.3 Å². The smallest absolute Gasteiger partial charge is 0.549 e. The zero-order valence-corrected chi connectivity index (χ0v) is 26.7. The molecule has 3 aromatic carbocycles. The second-order valence-electron chi connectivity index (χ2n) is 9.89. The van der Waals surface area contributed by atoms with Crippen LogP contribution in [0.3, 0.4) is 0 Å². The van der Waals surface area contributed by atoms with E-state index in [1.54, 1.807) is 24.3 Å². The number of fused-ring (bicyclic) bond motifs is 1. The van der Waals surface area contributed by atoms with E-state index in [1.165, 1.54) is 0 Å². The molecule has 1 N–H and O–H groups in total. The average Bonchev–Trinajstić information content (AvgIpc) is 3.81. The van der Waals surface area contributed by atoms with Crippen LogP contribution in [0.25, 0.3) is 11.3 Å². The Morgan fingerprint density at radius 2 is 1.76 bits per heavy atom. The van der Waals surface area contributed by atoms with Crippen LogP contribution in [0, 0.1) is 6.92 Å². The number of rotatable bonds is 7. The number of benzene rings is 3. The quantitative estimate of drug-likeness (QED) is 0.251. The first-order valence-electron chi connectivity index (χ1n) is 13.2. The molecule has 10 heteroatoms. The number of ether oxygens (including phenoxy) is 2. The molecule has 1 saturated carbocycles. The molecule has 0 bridgehead atoms. The molecule has 6 rings (SSSR count). The first-order chi connectivity index (χ1) is 19.8. The van der Waals surface area contributed by atoms with E-state index < -0.39 is 11.9 Å². The van der Waals surface area contributed by atoms with Gasteiger partial charge < -0.3 is 24.7 Å². The maximum atomic E-state index is 11.5. The summed E-state index contributed by atoms with van der Waals surface area (Å²) >= 11 is 12.3. The van der Waals surface area contributed by atoms with Crippen LogP contribution in [0.1, 0.15) is 47.8 Å². The molecule has 42 heavy (non-hydrogen) atoms. The standard InChI is InChI=1S/C20H19ClO4.C12H9ClN2O.Na/c1-11-2-6-13(7-3-11)25-19-16(21)10-15-14(20(22)23)8-9-24-18(15)17(19)12-4-5-12;13-10-6-4-9(5-7-10)11-2-1-3-12(15-11)14-8-16;/h2-3,6-7,10,12,14H,4-5,8-9H2,1H3,(H,22,23);1-8H,(H,14,15,16);/q;;+1/p-1. The molecule has 1 aliphatic heterocycles. The number of pyridine rings is 1. The van der Waals surface area contributed by atoms with Crippen molar-refractivity contribution >= 4 is 41.4 Å². The number of hydrogen-bond donors (Lipinski definition) is 1. The first kappa shape index (κ1) is 31.9. The van der Waals surface area contributed by atoms with Gasteiger partial charge in [-0.2, -0.15) is 0 Å². The van der Waals surface area contributed by atoms with E-state index in [0.717, 1.165) is 35.2 Å².